The van der Waals surface area contributed by atoms with Crippen molar-refractivity contribution in [3.63, 3.8) is 0 Å². The molecule has 0 bridgehead atoms. The Kier molecular flexibility index (Phi) is 6.92. The number of anilines is 1. The Labute approximate surface area is 157 Å². The molecular weight excluding hydrogens is 326 g/mol. The van der Waals surface area contributed by atoms with Crippen LogP contribution in [0, 0.1) is 6.92 Å². The van der Waals surface area contributed by atoms with Crippen LogP contribution in [0.5, 0.6) is 0 Å². The van der Waals surface area contributed by atoms with Crippen LogP contribution in [0.1, 0.15) is 31.7 Å². The minimum Gasteiger partial charge on any atom is -0.379 e. The zero-order valence-corrected chi connectivity index (χ0v) is 16.3. The van der Waals surface area contributed by atoms with Crippen LogP contribution >= 0.6 is 0 Å². The van der Waals surface area contributed by atoms with Crippen LogP contribution in [0.15, 0.2) is 24.3 Å². The smallest absolute Gasteiger partial charge is 0.222 e. The molecule has 0 radical (unpaired) electrons. The largest absolute Gasteiger partial charge is 0.379 e. The molecule has 2 heterocycles. The standard InChI is InChI=1S/C21H33N3O2/c1-18-6-3-4-7-20(18)23-10-5-11-24(13-12-23)21(25)9-8-19(2)22-14-16-26-17-15-22/h3-4,6-7,19H,5,8-17H2,1-2H3/t19-/m1/s1. The number of para-hydroxylation sites is 1. The first kappa shape index (κ1) is 19.2. The van der Waals surface area contributed by atoms with E-state index in [1.165, 1.54) is 11.3 Å². The average molecular weight is 360 g/mol. The molecule has 144 valence electrons. The quantitative estimate of drug-likeness (QED) is 0.809. The van der Waals surface area contributed by atoms with E-state index >= 15 is 0 Å². The minimum absolute atomic E-state index is 0.316. The van der Waals surface area contributed by atoms with E-state index in [4.69, 9.17) is 4.74 Å². The van der Waals surface area contributed by atoms with Gasteiger partial charge in [0, 0.05) is 57.4 Å². The molecule has 3 rings (SSSR count). The Hall–Kier alpha value is -1.59. The van der Waals surface area contributed by atoms with Gasteiger partial charge in [-0.15, -0.1) is 0 Å². The lowest BCUT2D eigenvalue weighted by Crippen LogP contribution is -2.43. The SMILES string of the molecule is Cc1ccccc1N1CCCN(C(=O)CC[C@@H](C)N2CCOCC2)CC1. The number of aryl methyl sites for hydroxylation is 1. The van der Waals surface area contributed by atoms with Gasteiger partial charge in [0.2, 0.25) is 5.91 Å². The fourth-order valence-corrected chi connectivity index (χ4v) is 4.02. The van der Waals surface area contributed by atoms with Crippen LogP contribution in [-0.2, 0) is 9.53 Å². The molecule has 5 heteroatoms. The third kappa shape index (κ3) is 4.98. The van der Waals surface area contributed by atoms with Gasteiger partial charge in [0.25, 0.3) is 0 Å². The summed E-state index contributed by atoms with van der Waals surface area (Å²) in [6, 6.07) is 9.00. The van der Waals surface area contributed by atoms with E-state index in [0.717, 1.165) is 65.3 Å². The molecule has 2 fully saturated rings. The zero-order valence-electron chi connectivity index (χ0n) is 16.3. The molecular formula is C21H33N3O2. The lowest BCUT2D eigenvalue weighted by atomic mass is 10.1. The van der Waals surface area contributed by atoms with Gasteiger partial charge in [-0.2, -0.15) is 0 Å². The molecule has 0 aliphatic carbocycles. The Morgan fingerprint density at radius 2 is 1.85 bits per heavy atom. The number of ether oxygens (including phenoxy) is 1. The average Bonchev–Trinajstić information content (AvgIpc) is 2.93. The first-order chi connectivity index (χ1) is 12.6. The second-order valence-electron chi connectivity index (χ2n) is 7.54. The number of benzene rings is 1. The maximum atomic E-state index is 12.7. The van der Waals surface area contributed by atoms with Crippen LogP contribution in [0.3, 0.4) is 0 Å². The molecule has 1 aromatic rings. The molecule has 0 saturated carbocycles. The molecule has 1 aromatic carbocycles. The number of amides is 1. The molecule has 1 amide bonds. The number of morpholine rings is 1. The van der Waals surface area contributed by atoms with E-state index in [1.807, 2.05) is 0 Å². The number of nitrogens with zero attached hydrogens (tertiary/aromatic N) is 3. The number of hydrogen-bond donors (Lipinski definition) is 0. The van der Waals surface area contributed by atoms with Crippen molar-refractivity contribution in [1.29, 1.82) is 0 Å². The summed E-state index contributed by atoms with van der Waals surface area (Å²) in [7, 11) is 0. The van der Waals surface area contributed by atoms with E-state index in [0.29, 0.717) is 18.4 Å². The predicted octanol–water partition coefficient (Wildman–Crippen LogP) is 2.53. The van der Waals surface area contributed by atoms with Gasteiger partial charge in [-0.25, -0.2) is 0 Å². The van der Waals surface area contributed by atoms with Gasteiger partial charge >= 0.3 is 0 Å². The van der Waals surface area contributed by atoms with Crippen LogP contribution < -0.4 is 4.90 Å². The fourth-order valence-electron chi connectivity index (χ4n) is 4.02. The maximum absolute atomic E-state index is 12.7. The van der Waals surface area contributed by atoms with E-state index in [1.54, 1.807) is 0 Å². The molecule has 5 nitrogen and oxygen atoms in total. The fraction of sp³-hybridized carbons (Fsp3) is 0.667. The number of carbonyl (C=O) groups is 1. The molecule has 2 aliphatic rings. The lowest BCUT2D eigenvalue weighted by molar-refractivity contribution is -0.131. The van der Waals surface area contributed by atoms with Crippen molar-refractivity contribution in [3.8, 4) is 0 Å². The van der Waals surface area contributed by atoms with Crippen LogP contribution in [0.25, 0.3) is 0 Å². The zero-order chi connectivity index (χ0) is 18.4. The molecule has 1 atom stereocenters. The highest BCUT2D eigenvalue weighted by atomic mass is 16.5. The Morgan fingerprint density at radius 3 is 2.62 bits per heavy atom. The first-order valence-corrected chi connectivity index (χ1v) is 10.1. The van der Waals surface area contributed by atoms with Crippen molar-refractivity contribution in [2.75, 3.05) is 57.4 Å². The summed E-state index contributed by atoms with van der Waals surface area (Å²) in [5.74, 6) is 0.316. The summed E-state index contributed by atoms with van der Waals surface area (Å²) < 4.78 is 5.42. The van der Waals surface area contributed by atoms with Crippen molar-refractivity contribution >= 4 is 11.6 Å². The highest BCUT2D eigenvalue weighted by Crippen LogP contribution is 2.21. The normalized spacial score (nSPS) is 20.7. The summed E-state index contributed by atoms with van der Waals surface area (Å²) in [6.45, 7) is 11.7. The van der Waals surface area contributed by atoms with Crippen molar-refractivity contribution in [2.45, 2.75) is 39.2 Å². The molecule has 0 N–H and O–H groups in total. The predicted molar refractivity (Wildman–Crippen MR) is 106 cm³/mol. The third-order valence-corrected chi connectivity index (χ3v) is 5.75. The second kappa shape index (κ2) is 9.38. The van der Waals surface area contributed by atoms with Gasteiger partial charge in [-0.1, -0.05) is 18.2 Å². The number of rotatable bonds is 5. The van der Waals surface area contributed by atoms with Gasteiger partial charge in [0.05, 0.1) is 13.2 Å². The topological polar surface area (TPSA) is 36.0 Å². The Morgan fingerprint density at radius 1 is 1.08 bits per heavy atom. The molecule has 2 aliphatic heterocycles. The first-order valence-electron chi connectivity index (χ1n) is 10.1. The van der Waals surface area contributed by atoms with Gasteiger partial charge in [0.1, 0.15) is 0 Å². The number of hydrogen-bond acceptors (Lipinski definition) is 4. The summed E-state index contributed by atoms with van der Waals surface area (Å²) >= 11 is 0. The molecule has 0 spiro atoms. The van der Waals surface area contributed by atoms with E-state index in [-0.39, 0.29) is 0 Å². The maximum Gasteiger partial charge on any atom is 0.222 e. The van der Waals surface area contributed by atoms with Crippen molar-refractivity contribution in [3.05, 3.63) is 29.8 Å². The van der Waals surface area contributed by atoms with E-state index < -0.39 is 0 Å². The summed E-state index contributed by atoms with van der Waals surface area (Å²) in [6.07, 6.45) is 2.64. The van der Waals surface area contributed by atoms with Crippen LogP contribution in [-0.4, -0.2) is 74.2 Å². The highest BCUT2D eigenvalue weighted by Gasteiger charge is 2.22. The summed E-state index contributed by atoms with van der Waals surface area (Å²) in [4.78, 5) is 19.7. The van der Waals surface area contributed by atoms with Gasteiger partial charge in [-0.3, -0.25) is 9.69 Å². The molecule has 0 aromatic heterocycles. The van der Waals surface area contributed by atoms with E-state index in [2.05, 4.69) is 52.8 Å². The monoisotopic (exact) mass is 359 g/mol. The minimum atomic E-state index is 0.316. The third-order valence-electron chi connectivity index (χ3n) is 5.75. The van der Waals surface area contributed by atoms with Gasteiger partial charge < -0.3 is 14.5 Å². The van der Waals surface area contributed by atoms with Crippen LogP contribution in [0.2, 0.25) is 0 Å². The molecule has 26 heavy (non-hydrogen) atoms. The summed E-state index contributed by atoms with van der Waals surface area (Å²) in [5.41, 5.74) is 2.62. The van der Waals surface area contributed by atoms with Crippen molar-refractivity contribution < 1.29 is 9.53 Å². The Balaban J connectivity index is 1.47. The molecule has 0 unspecified atom stereocenters. The van der Waals surface area contributed by atoms with Gasteiger partial charge in [0.15, 0.2) is 0 Å². The van der Waals surface area contributed by atoms with Crippen molar-refractivity contribution in [1.82, 2.24) is 9.80 Å². The summed E-state index contributed by atoms with van der Waals surface area (Å²) in [5, 5.41) is 0. The molecule has 2 saturated heterocycles. The van der Waals surface area contributed by atoms with Crippen molar-refractivity contribution in [2.24, 2.45) is 0 Å². The number of carbonyl (C=O) groups excluding carboxylic acids is 1. The lowest BCUT2D eigenvalue weighted by Gasteiger charge is -2.32. The highest BCUT2D eigenvalue weighted by molar-refractivity contribution is 5.76. The second-order valence-corrected chi connectivity index (χ2v) is 7.54. The Bertz CT molecular complexity index is 586. The van der Waals surface area contributed by atoms with Gasteiger partial charge in [-0.05, 0) is 38.3 Å². The van der Waals surface area contributed by atoms with E-state index in [9.17, 15) is 4.79 Å². The van der Waals surface area contributed by atoms with Crippen LogP contribution in [0.4, 0.5) is 5.69 Å².